The van der Waals surface area contributed by atoms with Crippen molar-refractivity contribution in [3.63, 3.8) is 0 Å². The van der Waals surface area contributed by atoms with Crippen molar-refractivity contribution in [1.29, 1.82) is 5.26 Å². The molecule has 6 heteroatoms. The predicted molar refractivity (Wildman–Crippen MR) is 66.3 cm³/mol. The molecule has 18 heavy (non-hydrogen) atoms. The first kappa shape index (κ1) is 12.8. The van der Waals surface area contributed by atoms with Gasteiger partial charge in [0.25, 0.3) is 0 Å². The molecule has 0 aliphatic carbocycles. The number of sulfone groups is 1. The van der Waals surface area contributed by atoms with Crippen molar-refractivity contribution in [2.24, 2.45) is 0 Å². The molecule has 4 nitrogen and oxygen atoms in total. The summed E-state index contributed by atoms with van der Waals surface area (Å²) in [6.07, 6.45) is 0.886. The highest BCUT2D eigenvalue weighted by molar-refractivity contribution is 7.91. The van der Waals surface area contributed by atoms with Crippen LogP contribution in [0.25, 0.3) is 0 Å². The van der Waals surface area contributed by atoms with Crippen LogP contribution >= 0.6 is 0 Å². The highest BCUT2D eigenvalue weighted by Gasteiger charge is 2.39. The van der Waals surface area contributed by atoms with Gasteiger partial charge in [-0.2, -0.15) is 5.26 Å². The fourth-order valence-electron chi connectivity index (χ4n) is 2.17. The summed E-state index contributed by atoms with van der Waals surface area (Å²) in [6.45, 7) is 0. The van der Waals surface area contributed by atoms with Crippen LogP contribution in [0.15, 0.2) is 24.3 Å². The summed E-state index contributed by atoms with van der Waals surface area (Å²) in [6, 6.07) is 7.70. The SMILES string of the molecule is N#CC1(Nc2cccc(F)c2)CCCS(=O)(=O)C1. The minimum atomic E-state index is -3.21. The van der Waals surface area contributed by atoms with E-state index in [0.29, 0.717) is 18.5 Å². The van der Waals surface area contributed by atoms with Gasteiger partial charge in [-0.15, -0.1) is 0 Å². The van der Waals surface area contributed by atoms with Crippen molar-refractivity contribution >= 4 is 15.5 Å². The molecule has 1 aliphatic heterocycles. The number of nitriles is 1. The summed E-state index contributed by atoms with van der Waals surface area (Å²) < 4.78 is 36.3. The van der Waals surface area contributed by atoms with E-state index in [1.165, 1.54) is 18.2 Å². The second kappa shape index (κ2) is 4.58. The van der Waals surface area contributed by atoms with Crippen LogP contribution in [0, 0.1) is 17.1 Å². The molecule has 0 spiro atoms. The number of hydrogen-bond donors (Lipinski definition) is 1. The Morgan fingerprint density at radius 2 is 2.22 bits per heavy atom. The Labute approximate surface area is 105 Å². The van der Waals surface area contributed by atoms with Gasteiger partial charge < -0.3 is 5.32 Å². The summed E-state index contributed by atoms with van der Waals surface area (Å²) in [7, 11) is -3.21. The molecular formula is C12H13FN2O2S. The highest BCUT2D eigenvalue weighted by atomic mass is 32.2. The summed E-state index contributed by atoms with van der Waals surface area (Å²) in [5.41, 5.74) is -0.723. The van der Waals surface area contributed by atoms with Crippen LogP contribution in [0.1, 0.15) is 12.8 Å². The zero-order valence-electron chi connectivity index (χ0n) is 9.69. The first-order chi connectivity index (χ1) is 8.45. The van der Waals surface area contributed by atoms with Gasteiger partial charge in [-0.05, 0) is 31.0 Å². The number of nitrogens with one attached hydrogen (secondary N) is 1. The predicted octanol–water partition coefficient (Wildman–Crippen LogP) is 1.71. The second-order valence-corrected chi connectivity index (χ2v) is 6.71. The van der Waals surface area contributed by atoms with E-state index in [9.17, 15) is 18.1 Å². The van der Waals surface area contributed by atoms with Crippen LogP contribution in [-0.2, 0) is 9.84 Å². The Morgan fingerprint density at radius 1 is 1.44 bits per heavy atom. The Bertz CT molecular complexity index is 594. The van der Waals surface area contributed by atoms with E-state index in [1.54, 1.807) is 6.07 Å². The van der Waals surface area contributed by atoms with Crippen LogP contribution in [0.3, 0.4) is 0 Å². The average molecular weight is 268 g/mol. The maximum Gasteiger partial charge on any atom is 0.153 e. The van der Waals surface area contributed by atoms with Gasteiger partial charge in [-0.1, -0.05) is 6.07 Å². The number of rotatable bonds is 2. The van der Waals surface area contributed by atoms with Gasteiger partial charge in [0.15, 0.2) is 9.84 Å². The molecule has 1 saturated heterocycles. The summed E-state index contributed by atoms with van der Waals surface area (Å²) in [4.78, 5) is 0. The fourth-order valence-corrected chi connectivity index (χ4v) is 3.93. The molecule has 1 N–H and O–H groups in total. The Balaban J connectivity index is 2.27. The summed E-state index contributed by atoms with van der Waals surface area (Å²) in [5.74, 6) is -0.541. The van der Waals surface area contributed by atoms with Crippen LogP contribution in [-0.4, -0.2) is 25.5 Å². The first-order valence-corrected chi connectivity index (χ1v) is 7.42. The third-order valence-corrected chi connectivity index (χ3v) is 4.79. The third-order valence-electron chi connectivity index (χ3n) is 2.95. The quantitative estimate of drug-likeness (QED) is 0.886. The number of nitrogens with zero attached hydrogens (tertiary/aromatic N) is 1. The molecule has 96 valence electrons. The zero-order valence-corrected chi connectivity index (χ0v) is 10.5. The maximum atomic E-state index is 13.1. The lowest BCUT2D eigenvalue weighted by atomic mass is 9.97. The van der Waals surface area contributed by atoms with Crippen molar-refractivity contribution in [3.05, 3.63) is 30.1 Å². The van der Waals surface area contributed by atoms with Crippen molar-refractivity contribution in [3.8, 4) is 6.07 Å². The number of anilines is 1. The normalized spacial score (nSPS) is 26.2. The molecule has 1 aliphatic rings. The summed E-state index contributed by atoms with van der Waals surface area (Å²) >= 11 is 0. The van der Waals surface area contributed by atoms with Gasteiger partial charge in [0, 0.05) is 5.69 Å². The number of hydrogen-bond acceptors (Lipinski definition) is 4. The van der Waals surface area contributed by atoms with Crippen LogP contribution in [0.5, 0.6) is 0 Å². The maximum absolute atomic E-state index is 13.1. The number of benzene rings is 1. The molecule has 0 bridgehead atoms. The van der Waals surface area contributed by atoms with Gasteiger partial charge in [-0.25, -0.2) is 12.8 Å². The molecule has 1 heterocycles. The molecule has 1 unspecified atom stereocenters. The van der Waals surface area contributed by atoms with Gasteiger partial charge in [0.1, 0.15) is 11.4 Å². The smallest absolute Gasteiger partial charge is 0.153 e. The Morgan fingerprint density at radius 3 is 2.83 bits per heavy atom. The average Bonchev–Trinajstić information content (AvgIpc) is 2.27. The van der Waals surface area contributed by atoms with E-state index in [2.05, 4.69) is 5.32 Å². The van der Waals surface area contributed by atoms with E-state index in [4.69, 9.17) is 0 Å². The molecule has 0 saturated carbocycles. The van der Waals surface area contributed by atoms with Crippen LogP contribution < -0.4 is 5.32 Å². The van der Waals surface area contributed by atoms with Gasteiger partial charge in [-0.3, -0.25) is 0 Å². The highest BCUT2D eigenvalue weighted by Crippen LogP contribution is 2.27. The molecule has 1 fully saturated rings. The van der Waals surface area contributed by atoms with Crippen molar-refractivity contribution in [2.45, 2.75) is 18.4 Å². The lowest BCUT2D eigenvalue weighted by Gasteiger charge is -2.32. The zero-order chi connectivity index (χ0) is 13.2. The molecule has 1 atom stereocenters. The molecule has 0 amide bonds. The van der Waals surface area contributed by atoms with Crippen LogP contribution in [0.2, 0.25) is 0 Å². The van der Waals surface area contributed by atoms with Gasteiger partial charge in [0.2, 0.25) is 0 Å². The topological polar surface area (TPSA) is 70.0 Å². The number of halogens is 1. The van der Waals surface area contributed by atoms with Crippen molar-refractivity contribution in [2.75, 3.05) is 16.8 Å². The Hall–Kier alpha value is -1.61. The summed E-state index contributed by atoms with van der Waals surface area (Å²) in [5, 5.41) is 12.1. The van der Waals surface area contributed by atoms with E-state index in [1.807, 2.05) is 6.07 Å². The first-order valence-electron chi connectivity index (χ1n) is 5.60. The van der Waals surface area contributed by atoms with Crippen LogP contribution in [0.4, 0.5) is 10.1 Å². The molecule has 1 aromatic rings. The monoisotopic (exact) mass is 268 g/mol. The van der Waals surface area contributed by atoms with Gasteiger partial charge >= 0.3 is 0 Å². The van der Waals surface area contributed by atoms with E-state index < -0.39 is 21.2 Å². The second-order valence-electron chi connectivity index (χ2n) is 4.52. The molecular weight excluding hydrogens is 255 g/mol. The third kappa shape index (κ3) is 2.79. The van der Waals surface area contributed by atoms with E-state index >= 15 is 0 Å². The van der Waals surface area contributed by atoms with Gasteiger partial charge in [0.05, 0.1) is 17.6 Å². The lowest BCUT2D eigenvalue weighted by Crippen LogP contribution is -2.47. The van der Waals surface area contributed by atoms with E-state index in [0.717, 1.165) is 0 Å². The molecule has 0 aromatic heterocycles. The molecule has 1 aromatic carbocycles. The van der Waals surface area contributed by atoms with Crippen molar-refractivity contribution < 1.29 is 12.8 Å². The minimum Gasteiger partial charge on any atom is -0.366 e. The van der Waals surface area contributed by atoms with Crippen molar-refractivity contribution in [1.82, 2.24) is 0 Å². The molecule has 0 radical (unpaired) electrons. The largest absolute Gasteiger partial charge is 0.366 e. The Kier molecular flexibility index (Phi) is 3.26. The fraction of sp³-hybridized carbons (Fsp3) is 0.417. The lowest BCUT2D eigenvalue weighted by molar-refractivity contribution is 0.519. The molecule has 2 rings (SSSR count). The minimum absolute atomic E-state index is 0.112. The standard InChI is InChI=1S/C12H13FN2O2S/c13-10-3-1-4-11(7-10)15-12(8-14)5-2-6-18(16,17)9-12/h1,3-4,7,15H,2,5-6,9H2. The van der Waals surface area contributed by atoms with E-state index in [-0.39, 0.29) is 11.5 Å².